The molecule has 1 amide bonds. The Morgan fingerprint density at radius 1 is 1.35 bits per heavy atom. The molecule has 4 nitrogen and oxygen atoms in total. The molecule has 112 valence electrons. The lowest BCUT2D eigenvalue weighted by Crippen LogP contribution is -2.39. The van der Waals surface area contributed by atoms with Crippen LogP contribution in [0.4, 0.5) is 0 Å². The fourth-order valence-corrected chi connectivity index (χ4v) is 2.83. The molecule has 0 radical (unpaired) electrons. The Balaban J connectivity index is 1.70. The van der Waals surface area contributed by atoms with Gasteiger partial charge in [0.25, 0.3) is 5.91 Å². The molecular formula is C16H26N2O2. The van der Waals surface area contributed by atoms with Crippen LogP contribution in [0.2, 0.25) is 0 Å². The molecule has 1 aliphatic carbocycles. The summed E-state index contributed by atoms with van der Waals surface area (Å²) in [5.41, 5.74) is 0. The zero-order valence-electron chi connectivity index (χ0n) is 12.7. The van der Waals surface area contributed by atoms with Crippen molar-refractivity contribution in [2.24, 2.45) is 0 Å². The Bertz CT molecular complexity index is 422. The highest BCUT2D eigenvalue weighted by Crippen LogP contribution is 2.21. The van der Waals surface area contributed by atoms with Gasteiger partial charge in [-0.2, -0.15) is 0 Å². The van der Waals surface area contributed by atoms with E-state index in [2.05, 4.69) is 17.3 Å². The Kier molecular flexibility index (Phi) is 5.65. The summed E-state index contributed by atoms with van der Waals surface area (Å²) in [6, 6.07) is 4.30. The third-order valence-electron chi connectivity index (χ3n) is 4.18. The summed E-state index contributed by atoms with van der Waals surface area (Å²) in [6.07, 6.45) is 7.46. The van der Waals surface area contributed by atoms with Crippen molar-refractivity contribution in [2.45, 2.75) is 51.5 Å². The molecule has 1 saturated carbocycles. The van der Waals surface area contributed by atoms with Gasteiger partial charge in [-0.15, -0.1) is 0 Å². The number of hydrogen-bond acceptors (Lipinski definition) is 3. The molecule has 0 unspecified atom stereocenters. The maximum atomic E-state index is 11.9. The number of furan rings is 1. The smallest absolute Gasteiger partial charge is 0.287 e. The first-order chi connectivity index (χ1) is 9.70. The largest absolute Gasteiger partial charge is 0.456 e. The van der Waals surface area contributed by atoms with E-state index in [1.54, 1.807) is 6.07 Å². The van der Waals surface area contributed by atoms with Crippen molar-refractivity contribution in [3.8, 4) is 0 Å². The highest BCUT2D eigenvalue weighted by Gasteiger charge is 2.18. The number of nitrogens with one attached hydrogen (secondary N) is 1. The van der Waals surface area contributed by atoms with E-state index < -0.39 is 0 Å². The van der Waals surface area contributed by atoms with Gasteiger partial charge in [0.2, 0.25) is 0 Å². The zero-order chi connectivity index (χ0) is 14.4. The normalized spacial score (nSPS) is 16.6. The predicted molar refractivity (Wildman–Crippen MR) is 79.9 cm³/mol. The third kappa shape index (κ3) is 4.10. The Morgan fingerprint density at radius 2 is 2.10 bits per heavy atom. The SMILES string of the molecule is CCc1ccc(C(=O)NCCN(C)C2CCCCC2)o1. The Morgan fingerprint density at radius 3 is 2.75 bits per heavy atom. The van der Waals surface area contributed by atoms with Crippen molar-refractivity contribution < 1.29 is 9.21 Å². The highest BCUT2D eigenvalue weighted by atomic mass is 16.3. The van der Waals surface area contributed by atoms with Crippen molar-refractivity contribution in [1.82, 2.24) is 10.2 Å². The van der Waals surface area contributed by atoms with E-state index in [-0.39, 0.29) is 5.91 Å². The number of aryl methyl sites for hydroxylation is 1. The van der Waals surface area contributed by atoms with Gasteiger partial charge in [-0.05, 0) is 32.0 Å². The molecule has 1 N–H and O–H groups in total. The van der Waals surface area contributed by atoms with Gasteiger partial charge in [0.05, 0.1) is 0 Å². The standard InChI is InChI=1S/C16H26N2O2/c1-3-14-9-10-15(20-14)16(19)17-11-12-18(2)13-7-5-4-6-8-13/h9-10,13H,3-8,11-12H2,1-2H3,(H,17,19). The first kappa shape index (κ1) is 15.1. The van der Waals surface area contributed by atoms with E-state index in [1.165, 1.54) is 32.1 Å². The summed E-state index contributed by atoms with van der Waals surface area (Å²) < 4.78 is 5.44. The first-order valence-electron chi connectivity index (χ1n) is 7.78. The molecule has 2 rings (SSSR count). The van der Waals surface area contributed by atoms with Crippen LogP contribution in [0.15, 0.2) is 16.5 Å². The molecule has 0 saturated heterocycles. The van der Waals surface area contributed by atoms with Gasteiger partial charge in [-0.1, -0.05) is 26.2 Å². The Labute approximate surface area is 121 Å². The number of rotatable bonds is 6. The van der Waals surface area contributed by atoms with Gasteiger partial charge >= 0.3 is 0 Å². The van der Waals surface area contributed by atoms with Crippen LogP contribution in [0.1, 0.15) is 55.3 Å². The van der Waals surface area contributed by atoms with Crippen LogP contribution in [0, 0.1) is 0 Å². The van der Waals surface area contributed by atoms with Crippen molar-refractivity contribution in [1.29, 1.82) is 0 Å². The maximum absolute atomic E-state index is 11.9. The molecule has 0 atom stereocenters. The molecule has 0 spiro atoms. The van der Waals surface area contributed by atoms with Crippen molar-refractivity contribution in [3.63, 3.8) is 0 Å². The number of hydrogen-bond donors (Lipinski definition) is 1. The quantitative estimate of drug-likeness (QED) is 0.870. The number of carbonyl (C=O) groups excluding carboxylic acids is 1. The summed E-state index contributed by atoms with van der Waals surface area (Å²) in [7, 11) is 2.16. The van der Waals surface area contributed by atoms with Gasteiger partial charge in [0.1, 0.15) is 5.76 Å². The molecular weight excluding hydrogens is 252 g/mol. The van der Waals surface area contributed by atoms with Gasteiger partial charge in [0, 0.05) is 25.6 Å². The van der Waals surface area contributed by atoms with Crippen LogP contribution < -0.4 is 5.32 Å². The van der Waals surface area contributed by atoms with Crippen LogP contribution in [-0.4, -0.2) is 37.0 Å². The fraction of sp³-hybridized carbons (Fsp3) is 0.688. The van der Waals surface area contributed by atoms with Gasteiger partial charge in [-0.25, -0.2) is 0 Å². The van der Waals surface area contributed by atoms with Gasteiger partial charge < -0.3 is 14.6 Å². The monoisotopic (exact) mass is 278 g/mol. The summed E-state index contributed by atoms with van der Waals surface area (Å²) in [6.45, 7) is 3.59. The van der Waals surface area contributed by atoms with Crippen molar-refractivity contribution >= 4 is 5.91 Å². The lowest BCUT2D eigenvalue weighted by molar-refractivity contribution is 0.0915. The molecule has 1 aromatic heterocycles. The van der Waals surface area contributed by atoms with Crippen LogP contribution in [0.25, 0.3) is 0 Å². The second kappa shape index (κ2) is 7.48. The molecule has 1 heterocycles. The molecule has 1 aliphatic rings. The first-order valence-corrected chi connectivity index (χ1v) is 7.78. The van der Waals surface area contributed by atoms with E-state index in [4.69, 9.17) is 4.42 Å². The number of likely N-dealkylation sites (N-methyl/N-ethyl adjacent to an activating group) is 1. The topological polar surface area (TPSA) is 45.5 Å². The predicted octanol–water partition coefficient (Wildman–Crippen LogP) is 2.84. The molecule has 1 fully saturated rings. The summed E-state index contributed by atoms with van der Waals surface area (Å²) in [5, 5.41) is 2.93. The molecule has 0 aliphatic heterocycles. The van der Waals surface area contributed by atoms with E-state index in [0.29, 0.717) is 18.3 Å². The van der Waals surface area contributed by atoms with Gasteiger partial charge in [0.15, 0.2) is 5.76 Å². The molecule has 0 aromatic carbocycles. The van der Waals surface area contributed by atoms with Crippen LogP contribution in [0.3, 0.4) is 0 Å². The minimum Gasteiger partial charge on any atom is -0.456 e. The molecule has 20 heavy (non-hydrogen) atoms. The van der Waals surface area contributed by atoms with Gasteiger partial charge in [-0.3, -0.25) is 4.79 Å². The number of nitrogens with zero attached hydrogens (tertiary/aromatic N) is 1. The maximum Gasteiger partial charge on any atom is 0.287 e. The summed E-state index contributed by atoms with van der Waals surface area (Å²) in [4.78, 5) is 14.3. The lowest BCUT2D eigenvalue weighted by Gasteiger charge is -2.31. The van der Waals surface area contributed by atoms with Crippen LogP contribution >= 0.6 is 0 Å². The minimum atomic E-state index is -0.109. The molecule has 1 aromatic rings. The summed E-state index contributed by atoms with van der Waals surface area (Å²) >= 11 is 0. The number of carbonyl (C=O) groups is 1. The fourth-order valence-electron chi connectivity index (χ4n) is 2.83. The highest BCUT2D eigenvalue weighted by molar-refractivity contribution is 5.91. The van der Waals surface area contributed by atoms with E-state index in [9.17, 15) is 4.79 Å². The van der Waals surface area contributed by atoms with Crippen LogP contribution in [-0.2, 0) is 6.42 Å². The third-order valence-corrected chi connectivity index (χ3v) is 4.18. The van der Waals surface area contributed by atoms with Crippen molar-refractivity contribution in [2.75, 3.05) is 20.1 Å². The van der Waals surface area contributed by atoms with E-state index >= 15 is 0 Å². The zero-order valence-corrected chi connectivity index (χ0v) is 12.7. The van der Waals surface area contributed by atoms with Crippen molar-refractivity contribution in [3.05, 3.63) is 23.7 Å². The molecule has 4 heteroatoms. The lowest BCUT2D eigenvalue weighted by atomic mass is 9.94. The van der Waals surface area contributed by atoms with E-state index in [1.807, 2.05) is 13.0 Å². The van der Waals surface area contributed by atoms with E-state index in [0.717, 1.165) is 18.7 Å². The summed E-state index contributed by atoms with van der Waals surface area (Å²) in [5.74, 6) is 1.17. The van der Waals surface area contributed by atoms with Crippen LogP contribution in [0.5, 0.6) is 0 Å². The second-order valence-corrected chi connectivity index (χ2v) is 5.65. The second-order valence-electron chi connectivity index (χ2n) is 5.65. The number of amides is 1. The average Bonchev–Trinajstić information content (AvgIpc) is 2.97. The minimum absolute atomic E-state index is 0.109. The Hall–Kier alpha value is -1.29. The average molecular weight is 278 g/mol. The molecule has 0 bridgehead atoms.